The minimum atomic E-state index is -0.0534. The highest BCUT2D eigenvalue weighted by atomic mass is 16.1. The molecule has 2 heterocycles. The lowest BCUT2D eigenvalue weighted by Gasteiger charge is -2.14. The molecule has 6 nitrogen and oxygen atoms in total. The number of anilines is 2. The first-order valence-corrected chi connectivity index (χ1v) is 8.86. The molecule has 4 rings (SSSR count). The Labute approximate surface area is 152 Å². The van der Waals surface area contributed by atoms with Gasteiger partial charge in [-0.1, -0.05) is 12.1 Å². The molecule has 3 aromatic rings. The second kappa shape index (κ2) is 7.00. The Balaban J connectivity index is 1.43. The standard InChI is InChI=1S/C20H21N5O/c21-16-8-4-14(5-9-16)13-19(26)22-17-10-6-15(7-11-17)20-24-23-18-3-1-2-12-25(18)20/h4-11H,1-3,12-13,21H2,(H,22,26). The van der Waals surface area contributed by atoms with Gasteiger partial charge in [-0.25, -0.2) is 0 Å². The molecule has 1 amide bonds. The zero-order valence-corrected chi connectivity index (χ0v) is 14.5. The van der Waals surface area contributed by atoms with Gasteiger partial charge in [-0.15, -0.1) is 10.2 Å². The Bertz CT molecular complexity index is 912. The molecule has 0 unspecified atom stereocenters. The Hall–Kier alpha value is -3.15. The number of fused-ring (bicyclic) bond motifs is 1. The molecule has 0 radical (unpaired) electrons. The van der Waals surface area contributed by atoms with E-state index in [1.54, 1.807) is 12.1 Å². The molecular formula is C20H21N5O. The van der Waals surface area contributed by atoms with Crippen molar-refractivity contribution in [3.8, 4) is 11.4 Å². The van der Waals surface area contributed by atoms with Crippen molar-refractivity contribution in [1.82, 2.24) is 14.8 Å². The van der Waals surface area contributed by atoms with Crippen molar-refractivity contribution in [2.75, 3.05) is 11.1 Å². The highest BCUT2D eigenvalue weighted by molar-refractivity contribution is 5.92. The summed E-state index contributed by atoms with van der Waals surface area (Å²) < 4.78 is 2.19. The van der Waals surface area contributed by atoms with Crippen molar-refractivity contribution < 1.29 is 4.79 Å². The van der Waals surface area contributed by atoms with Gasteiger partial charge < -0.3 is 15.6 Å². The quantitative estimate of drug-likeness (QED) is 0.710. The van der Waals surface area contributed by atoms with E-state index in [-0.39, 0.29) is 5.91 Å². The molecule has 0 saturated heterocycles. The summed E-state index contributed by atoms with van der Waals surface area (Å²) in [5.41, 5.74) is 9.08. The summed E-state index contributed by atoms with van der Waals surface area (Å²) in [6.45, 7) is 0.970. The van der Waals surface area contributed by atoms with Crippen LogP contribution in [0.1, 0.15) is 24.2 Å². The minimum Gasteiger partial charge on any atom is -0.399 e. The van der Waals surface area contributed by atoms with E-state index in [0.717, 1.165) is 47.8 Å². The maximum absolute atomic E-state index is 12.2. The lowest BCUT2D eigenvalue weighted by Crippen LogP contribution is -2.14. The van der Waals surface area contributed by atoms with E-state index in [1.165, 1.54) is 6.42 Å². The Morgan fingerprint density at radius 3 is 2.58 bits per heavy atom. The molecule has 1 aliphatic rings. The molecule has 26 heavy (non-hydrogen) atoms. The van der Waals surface area contributed by atoms with Crippen LogP contribution in [0.4, 0.5) is 11.4 Å². The van der Waals surface area contributed by atoms with E-state index in [0.29, 0.717) is 12.1 Å². The molecule has 3 N–H and O–H groups in total. The molecule has 0 spiro atoms. The van der Waals surface area contributed by atoms with E-state index < -0.39 is 0 Å². The number of amides is 1. The van der Waals surface area contributed by atoms with Gasteiger partial charge in [0, 0.05) is 29.9 Å². The Morgan fingerprint density at radius 2 is 1.81 bits per heavy atom. The van der Waals surface area contributed by atoms with Gasteiger partial charge in [0.2, 0.25) is 5.91 Å². The van der Waals surface area contributed by atoms with Crippen LogP contribution in [0, 0.1) is 0 Å². The highest BCUT2D eigenvalue weighted by Crippen LogP contribution is 2.24. The number of rotatable bonds is 4. The zero-order valence-electron chi connectivity index (χ0n) is 14.5. The third kappa shape index (κ3) is 3.44. The topological polar surface area (TPSA) is 85.8 Å². The average Bonchev–Trinajstić information content (AvgIpc) is 3.08. The van der Waals surface area contributed by atoms with E-state index >= 15 is 0 Å². The van der Waals surface area contributed by atoms with Crippen LogP contribution < -0.4 is 11.1 Å². The lowest BCUT2D eigenvalue weighted by atomic mass is 10.1. The molecule has 132 valence electrons. The molecule has 0 saturated carbocycles. The number of nitrogens with one attached hydrogen (secondary N) is 1. The number of hydrogen-bond donors (Lipinski definition) is 2. The van der Waals surface area contributed by atoms with Crippen molar-refractivity contribution >= 4 is 17.3 Å². The monoisotopic (exact) mass is 347 g/mol. The van der Waals surface area contributed by atoms with Crippen molar-refractivity contribution in [3.05, 3.63) is 59.9 Å². The fraction of sp³-hybridized carbons (Fsp3) is 0.250. The normalized spacial score (nSPS) is 13.2. The highest BCUT2D eigenvalue weighted by Gasteiger charge is 2.16. The van der Waals surface area contributed by atoms with Gasteiger partial charge in [-0.2, -0.15) is 0 Å². The number of nitrogens with two attached hydrogens (primary N) is 1. The van der Waals surface area contributed by atoms with Gasteiger partial charge in [0.05, 0.1) is 6.42 Å². The third-order valence-corrected chi connectivity index (χ3v) is 4.63. The smallest absolute Gasteiger partial charge is 0.228 e. The molecule has 0 aliphatic carbocycles. The van der Waals surface area contributed by atoms with Crippen LogP contribution in [0.25, 0.3) is 11.4 Å². The lowest BCUT2D eigenvalue weighted by molar-refractivity contribution is -0.115. The maximum Gasteiger partial charge on any atom is 0.228 e. The van der Waals surface area contributed by atoms with E-state index in [1.807, 2.05) is 36.4 Å². The molecule has 0 bridgehead atoms. The van der Waals surface area contributed by atoms with Gasteiger partial charge in [-0.05, 0) is 54.8 Å². The van der Waals surface area contributed by atoms with Gasteiger partial charge >= 0.3 is 0 Å². The number of aromatic nitrogens is 3. The number of carbonyl (C=O) groups is 1. The summed E-state index contributed by atoms with van der Waals surface area (Å²) in [6, 6.07) is 15.1. The zero-order chi connectivity index (χ0) is 17.9. The second-order valence-electron chi connectivity index (χ2n) is 6.59. The number of aryl methyl sites for hydroxylation is 1. The summed E-state index contributed by atoms with van der Waals surface area (Å²) >= 11 is 0. The number of nitrogens with zero attached hydrogens (tertiary/aromatic N) is 3. The average molecular weight is 347 g/mol. The summed E-state index contributed by atoms with van der Waals surface area (Å²) in [7, 11) is 0. The van der Waals surface area contributed by atoms with Crippen LogP contribution >= 0.6 is 0 Å². The van der Waals surface area contributed by atoms with Crippen LogP contribution in [-0.2, 0) is 24.2 Å². The molecular weight excluding hydrogens is 326 g/mol. The van der Waals surface area contributed by atoms with Crippen LogP contribution in [0.2, 0.25) is 0 Å². The number of carbonyl (C=O) groups excluding carboxylic acids is 1. The summed E-state index contributed by atoms with van der Waals surface area (Å²) in [5.74, 6) is 1.91. The summed E-state index contributed by atoms with van der Waals surface area (Å²) in [6.07, 6.45) is 3.65. The third-order valence-electron chi connectivity index (χ3n) is 4.63. The number of nitrogen functional groups attached to an aromatic ring is 1. The van der Waals surface area contributed by atoms with E-state index in [9.17, 15) is 4.79 Å². The SMILES string of the molecule is Nc1ccc(CC(=O)Nc2ccc(-c3nnc4n3CCCC4)cc2)cc1. The molecule has 1 aliphatic heterocycles. The molecule has 6 heteroatoms. The minimum absolute atomic E-state index is 0.0534. The molecule has 0 fully saturated rings. The largest absolute Gasteiger partial charge is 0.399 e. The molecule has 1 aromatic heterocycles. The van der Waals surface area contributed by atoms with Crippen LogP contribution in [0.3, 0.4) is 0 Å². The fourth-order valence-corrected chi connectivity index (χ4v) is 3.25. The number of hydrogen-bond acceptors (Lipinski definition) is 4. The van der Waals surface area contributed by atoms with Crippen LogP contribution in [0.5, 0.6) is 0 Å². The Kier molecular flexibility index (Phi) is 4.39. The predicted molar refractivity (Wildman–Crippen MR) is 102 cm³/mol. The number of benzene rings is 2. The van der Waals surface area contributed by atoms with Crippen molar-refractivity contribution in [3.63, 3.8) is 0 Å². The molecule has 0 atom stereocenters. The van der Waals surface area contributed by atoms with Crippen LogP contribution in [-0.4, -0.2) is 20.7 Å². The fourth-order valence-electron chi connectivity index (χ4n) is 3.25. The maximum atomic E-state index is 12.2. The van der Waals surface area contributed by atoms with Crippen molar-refractivity contribution in [1.29, 1.82) is 0 Å². The van der Waals surface area contributed by atoms with Gasteiger partial charge in [0.1, 0.15) is 5.82 Å². The van der Waals surface area contributed by atoms with Crippen LogP contribution in [0.15, 0.2) is 48.5 Å². The van der Waals surface area contributed by atoms with Crippen molar-refractivity contribution in [2.45, 2.75) is 32.2 Å². The molecule has 2 aromatic carbocycles. The predicted octanol–water partition coefficient (Wildman–Crippen LogP) is 3.04. The van der Waals surface area contributed by atoms with Gasteiger partial charge in [0.15, 0.2) is 5.82 Å². The van der Waals surface area contributed by atoms with Crippen molar-refractivity contribution in [2.24, 2.45) is 0 Å². The first-order chi connectivity index (χ1) is 12.7. The summed E-state index contributed by atoms with van der Waals surface area (Å²) in [4.78, 5) is 12.2. The van der Waals surface area contributed by atoms with E-state index in [2.05, 4.69) is 20.1 Å². The van der Waals surface area contributed by atoms with E-state index in [4.69, 9.17) is 5.73 Å². The van der Waals surface area contributed by atoms with Gasteiger partial charge in [0.25, 0.3) is 0 Å². The second-order valence-corrected chi connectivity index (χ2v) is 6.59. The summed E-state index contributed by atoms with van der Waals surface area (Å²) in [5, 5.41) is 11.6. The first-order valence-electron chi connectivity index (χ1n) is 8.86. The Morgan fingerprint density at radius 1 is 1.04 bits per heavy atom. The first kappa shape index (κ1) is 16.3. The van der Waals surface area contributed by atoms with Gasteiger partial charge in [-0.3, -0.25) is 4.79 Å².